The first-order valence-corrected chi connectivity index (χ1v) is 7.15. The molecule has 0 bridgehead atoms. The fraction of sp³-hybridized carbons (Fsp3) is 0.105. The Kier molecular flexibility index (Phi) is 3.65. The van der Waals surface area contributed by atoms with Gasteiger partial charge < -0.3 is 10.4 Å². The van der Waals surface area contributed by atoms with E-state index in [1.54, 1.807) is 24.3 Å². The third-order valence-electron chi connectivity index (χ3n) is 3.91. The average molecular weight is 291 g/mol. The first-order valence-electron chi connectivity index (χ1n) is 7.15. The number of benzene rings is 2. The van der Waals surface area contributed by atoms with Crippen molar-refractivity contribution < 1.29 is 9.90 Å². The van der Waals surface area contributed by atoms with Gasteiger partial charge in [-0.15, -0.1) is 0 Å². The molecule has 0 saturated carbocycles. The Morgan fingerprint density at radius 2 is 1.77 bits per heavy atom. The van der Waals surface area contributed by atoms with Gasteiger partial charge >= 0.3 is 0 Å². The van der Waals surface area contributed by atoms with Crippen LogP contribution in [0.25, 0.3) is 0 Å². The van der Waals surface area contributed by atoms with Crippen molar-refractivity contribution in [1.29, 1.82) is 0 Å². The van der Waals surface area contributed by atoms with Gasteiger partial charge in [-0.3, -0.25) is 4.79 Å². The molecule has 2 N–H and O–H groups in total. The lowest BCUT2D eigenvalue weighted by atomic mass is 9.81. The number of fused-ring (bicyclic) bond motifs is 1. The topological polar surface area (TPSA) is 49.3 Å². The normalized spacial score (nSPS) is 20.0. The van der Waals surface area contributed by atoms with Crippen molar-refractivity contribution in [2.24, 2.45) is 0 Å². The lowest BCUT2D eigenvalue weighted by Crippen LogP contribution is -2.38. The van der Waals surface area contributed by atoms with E-state index < -0.39 is 5.60 Å². The van der Waals surface area contributed by atoms with Gasteiger partial charge in [0.05, 0.1) is 5.70 Å². The average Bonchev–Trinajstić information content (AvgIpc) is 2.58. The highest BCUT2D eigenvalue weighted by Gasteiger charge is 2.37. The van der Waals surface area contributed by atoms with E-state index in [-0.39, 0.29) is 5.78 Å². The Bertz CT molecular complexity index is 749. The van der Waals surface area contributed by atoms with Crippen molar-refractivity contribution in [2.45, 2.75) is 12.1 Å². The smallest absolute Gasteiger partial charge is 0.188 e. The number of hydrogen-bond acceptors (Lipinski definition) is 3. The van der Waals surface area contributed by atoms with Gasteiger partial charge in [-0.1, -0.05) is 61.2 Å². The number of carbonyl (C=O) groups excluding carboxylic acids is 1. The third-order valence-corrected chi connectivity index (χ3v) is 3.91. The second-order valence-corrected chi connectivity index (χ2v) is 5.28. The zero-order valence-electron chi connectivity index (χ0n) is 12.1. The molecule has 0 aliphatic heterocycles. The molecule has 0 saturated heterocycles. The highest BCUT2D eigenvalue weighted by Crippen LogP contribution is 2.36. The van der Waals surface area contributed by atoms with Crippen molar-refractivity contribution in [3.8, 4) is 0 Å². The van der Waals surface area contributed by atoms with E-state index >= 15 is 0 Å². The number of ketones is 1. The lowest BCUT2D eigenvalue weighted by Gasteiger charge is -2.33. The summed E-state index contributed by atoms with van der Waals surface area (Å²) in [6, 6.07) is 16.9. The molecule has 0 fully saturated rings. The van der Waals surface area contributed by atoms with Gasteiger partial charge in [-0.05, 0) is 11.6 Å². The van der Waals surface area contributed by atoms with Crippen LogP contribution in [0.15, 0.2) is 79.0 Å². The number of rotatable bonds is 4. The minimum absolute atomic E-state index is 0.113. The van der Waals surface area contributed by atoms with Crippen LogP contribution in [0, 0.1) is 0 Å². The molecule has 1 aliphatic rings. The quantitative estimate of drug-likeness (QED) is 0.852. The van der Waals surface area contributed by atoms with E-state index in [1.165, 1.54) is 12.2 Å². The molecule has 22 heavy (non-hydrogen) atoms. The summed E-state index contributed by atoms with van der Waals surface area (Å²) in [5.41, 5.74) is 1.22. The summed E-state index contributed by atoms with van der Waals surface area (Å²) in [7, 11) is 0. The van der Waals surface area contributed by atoms with Gasteiger partial charge in [0.1, 0.15) is 5.60 Å². The van der Waals surface area contributed by atoms with Gasteiger partial charge in [0.2, 0.25) is 0 Å². The highest BCUT2D eigenvalue weighted by atomic mass is 16.3. The van der Waals surface area contributed by atoms with Crippen molar-refractivity contribution in [3.05, 3.63) is 95.7 Å². The van der Waals surface area contributed by atoms with Crippen LogP contribution in [0.4, 0.5) is 0 Å². The first kappa shape index (κ1) is 14.3. The van der Waals surface area contributed by atoms with Gasteiger partial charge in [-0.2, -0.15) is 0 Å². The molecule has 0 spiro atoms. The molecule has 0 heterocycles. The number of carbonyl (C=O) groups is 1. The van der Waals surface area contributed by atoms with Crippen LogP contribution >= 0.6 is 0 Å². The zero-order chi connectivity index (χ0) is 15.6. The zero-order valence-corrected chi connectivity index (χ0v) is 12.1. The molecule has 3 heteroatoms. The van der Waals surface area contributed by atoms with Gasteiger partial charge in [0, 0.05) is 23.7 Å². The van der Waals surface area contributed by atoms with Crippen molar-refractivity contribution in [3.63, 3.8) is 0 Å². The summed E-state index contributed by atoms with van der Waals surface area (Å²) in [6.45, 7) is 4.27. The SMILES string of the molecule is C=CC1(O)C(NCc2ccccc2)=CC(=O)c2ccccc21. The molecule has 1 aliphatic carbocycles. The monoisotopic (exact) mass is 291 g/mol. The maximum atomic E-state index is 12.2. The van der Waals surface area contributed by atoms with E-state index in [0.717, 1.165) is 5.56 Å². The van der Waals surface area contributed by atoms with E-state index in [9.17, 15) is 9.90 Å². The second-order valence-electron chi connectivity index (χ2n) is 5.28. The summed E-state index contributed by atoms with van der Waals surface area (Å²) in [6.07, 6.45) is 2.91. The van der Waals surface area contributed by atoms with E-state index in [0.29, 0.717) is 23.4 Å². The molecule has 110 valence electrons. The van der Waals surface area contributed by atoms with Gasteiger partial charge in [-0.25, -0.2) is 0 Å². The Balaban J connectivity index is 1.94. The van der Waals surface area contributed by atoms with Gasteiger partial charge in [0.15, 0.2) is 5.78 Å². The van der Waals surface area contributed by atoms with Crippen LogP contribution in [0.3, 0.4) is 0 Å². The standard InChI is InChI=1S/C19H17NO2/c1-2-19(22)16-11-7-6-10-15(16)17(21)12-18(19)20-13-14-8-4-3-5-9-14/h2-12,20,22H,1,13H2. The van der Waals surface area contributed by atoms with Crippen LogP contribution in [-0.2, 0) is 12.1 Å². The fourth-order valence-corrected chi connectivity index (χ4v) is 2.69. The molecule has 0 aromatic heterocycles. The predicted molar refractivity (Wildman–Crippen MR) is 86.2 cm³/mol. The van der Waals surface area contributed by atoms with E-state index in [1.807, 2.05) is 30.3 Å². The van der Waals surface area contributed by atoms with E-state index in [2.05, 4.69) is 11.9 Å². The molecular weight excluding hydrogens is 274 g/mol. The van der Waals surface area contributed by atoms with Crippen LogP contribution in [0.5, 0.6) is 0 Å². The van der Waals surface area contributed by atoms with Crippen LogP contribution in [0.2, 0.25) is 0 Å². The summed E-state index contributed by atoms with van der Waals surface area (Å²) in [5.74, 6) is -0.113. The second kappa shape index (κ2) is 5.62. The number of allylic oxidation sites excluding steroid dienone is 1. The van der Waals surface area contributed by atoms with Crippen LogP contribution in [0.1, 0.15) is 21.5 Å². The van der Waals surface area contributed by atoms with Crippen molar-refractivity contribution in [2.75, 3.05) is 0 Å². The molecule has 1 unspecified atom stereocenters. The minimum atomic E-state index is -1.38. The summed E-state index contributed by atoms with van der Waals surface area (Å²) in [4.78, 5) is 12.2. The number of aliphatic hydroxyl groups is 1. The Hall–Kier alpha value is -2.65. The maximum absolute atomic E-state index is 12.2. The molecule has 2 aromatic carbocycles. The summed E-state index contributed by atoms with van der Waals surface area (Å²) < 4.78 is 0. The first-order chi connectivity index (χ1) is 10.6. The Labute approximate surface area is 129 Å². The van der Waals surface area contributed by atoms with Crippen LogP contribution in [-0.4, -0.2) is 10.9 Å². The predicted octanol–water partition coefficient (Wildman–Crippen LogP) is 2.93. The van der Waals surface area contributed by atoms with Gasteiger partial charge in [0.25, 0.3) is 0 Å². The number of nitrogens with one attached hydrogen (secondary N) is 1. The van der Waals surface area contributed by atoms with Crippen molar-refractivity contribution in [1.82, 2.24) is 5.32 Å². The molecule has 1 atom stereocenters. The lowest BCUT2D eigenvalue weighted by molar-refractivity contribution is 0.0953. The van der Waals surface area contributed by atoms with E-state index in [4.69, 9.17) is 0 Å². The molecule has 0 radical (unpaired) electrons. The summed E-state index contributed by atoms with van der Waals surface area (Å²) in [5, 5.41) is 14.2. The largest absolute Gasteiger partial charge is 0.381 e. The molecular formula is C19H17NO2. The van der Waals surface area contributed by atoms with Crippen molar-refractivity contribution >= 4 is 5.78 Å². The molecule has 3 nitrogen and oxygen atoms in total. The molecule has 0 amide bonds. The Morgan fingerprint density at radius 1 is 1.09 bits per heavy atom. The van der Waals surface area contributed by atoms with Crippen LogP contribution < -0.4 is 5.32 Å². The minimum Gasteiger partial charge on any atom is -0.381 e. The molecule has 3 rings (SSSR count). The highest BCUT2D eigenvalue weighted by molar-refractivity contribution is 6.08. The maximum Gasteiger partial charge on any atom is 0.188 e. The number of hydrogen-bond donors (Lipinski definition) is 2. The summed E-state index contributed by atoms with van der Waals surface area (Å²) >= 11 is 0. The fourth-order valence-electron chi connectivity index (χ4n) is 2.69. The molecule has 2 aromatic rings. The third kappa shape index (κ3) is 2.36. The Morgan fingerprint density at radius 3 is 2.50 bits per heavy atom.